The number of aliphatic imine (C=N–C) groups is 1. The SMILES string of the molecule is CCN(CC)C1CCN(C(=NC)NCCc2ccco2)C1. The predicted molar refractivity (Wildman–Crippen MR) is 86.7 cm³/mol. The second-order valence-corrected chi connectivity index (χ2v) is 5.41. The lowest BCUT2D eigenvalue weighted by atomic mass is 10.2. The van der Waals surface area contributed by atoms with E-state index in [9.17, 15) is 0 Å². The van der Waals surface area contributed by atoms with E-state index in [2.05, 4.69) is 34.0 Å². The first kappa shape index (κ1) is 15.9. The van der Waals surface area contributed by atoms with Crippen molar-refractivity contribution in [2.75, 3.05) is 39.8 Å². The van der Waals surface area contributed by atoms with E-state index in [1.54, 1.807) is 6.26 Å². The Morgan fingerprint density at radius 2 is 2.29 bits per heavy atom. The molecule has 21 heavy (non-hydrogen) atoms. The lowest BCUT2D eigenvalue weighted by Crippen LogP contribution is -2.43. The normalized spacial score (nSPS) is 19.5. The third-order valence-corrected chi connectivity index (χ3v) is 4.24. The van der Waals surface area contributed by atoms with Crippen LogP contribution in [0, 0.1) is 0 Å². The number of nitrogens with zero attached hydrogens (tertiary/aromatic N) is 3. The number of guanidine groups is 1. The van der Waals surface area contributed by atoms with E-state index >= 15 is 0 Å². The summed E-state index contributed by atoms with van der Waals surface area (Å²) in [5.74, 6) is 2.02. The Morgan fingerprint density at radius 1 is 1.48 bits per heavy atom. The van der Waals surface area contributed by atoms with Crippen LogP contribution in [0.15, 0.2) is 27.8 Å². The van der Waals surface area contributed by atoms with E-state index in [-0.39, 0.29) is 0 Å². The lowest BCUT2D eigenvalue weighted by Gasteiger charge is -2.27. The average molecular weight is 292 g/mol. The summed E-state index contributed by atoms with van der Waals surface area (Å²) in [5, 5.41) is 3.44. The summed E-state index contributed by atoms with van der Waals surface area (Å²) in [6.07, 6.45) is 3.83. The third kappa shape index (κ3) is 4.24. The van der Waals surface area contributed by atoms with Gasteiger partial charge in [-0.15, -0.1) is 0 Å². The Kier molecular flexibility index (Phi) is 6.11. The standard InChI is InChI=1S/C16H28N4O/c1-4-19(5-2)14-9-11-20(13-14)16(17-3)18-10-8-15-7-6-12-21-15/h6-7,12,14H,4-5,8-11,13H2,1-3H3,(H,17,18). The molecule has 1 atom stereocenters. The van der Waals surface area contributed by atoms with Crippen molar-refractivity contribution in [3.63, 3.8) is 0 Å². The summed E-state index contributed by atoms with van der Waals surface area (Å²) in [6, 6.07) is 4.60. The first-order valence-electron chi connectivity index (χ1n) is 8.00. The van der Waals surface area contributed by atoms with Crippen molar-refractivity contribution < 1.29 is 4.42 Å². The van der Waals surface area contributed by atoms with Gasteiger partial charge in [-0.1, -0.05) is 13.8 Å². The molecule has 5 nitrogen and oxygen atoms in total. The Bertz CT molecular complexity index is 425. The highest BCUT2D eigenvalue weighted by atomic mass is 16.3. The van der Waals surface area contributed by atoms with Crippen LogP contribution in [0.5, 0.6) is 0 Å². The van der Waals surface area contributed by atoms with Crippen molar-refractivity contribution in [2.45, 2.75) is 32.7 Å². The van der Waals surface area contributed by atoms with E-state index in [0.29, 0.717) is 6.04 Å². The maximum atomic E-state index is 5.35. The maximum Gasteiger partial charge on any atom is 0.193 e. The fraction of sp³-hybridized carbons (Fsp3) is 0.688. The molecule has 1 saturated heterocycles. The van der Waals surface area contributed by atoms with Gasteiger partial charge in [-0.2, -0.15) is 0 Å². The molecule has 118 valence electrons. The van der Waals surface area contributed by atoms with Gasteiger partial charge >= 0.3 is 0 Å². The zero-order valence-electron chi connectivity index (χ0n) is 13.5. The molecule has 0 spiro atoms. The molecule has 0 aliphatic carbocycles. The van der Waals surface area contributed by atoms with Gasteiger partial charge in [-0.05, 0) is 31.6 Å². The molecule has 0 saturated carbocycles. The zero-order valence-corrected chi connectivity index (χ0v) is 13.5. The molecular weight excluding hydrogens is 264 g/mol. The van der Waals surface area contributed by atoms with Gasteiger partial charge < -0.3 is 14.6 Å². The van der Waals surface area contributed by atoms with Crippen molar-refractivity contribution in [3.8, 4) is 0 Å². The molecular formula is C16H28N4O. The lowest BCUT2D eigenvalue weighted by molar-refractivity contribution is 0.223. The predicted octanol–water partition coefficient (Wildman–Crippen LogP) is 1.81. The Balaban J connectivity index is 1.79. The molecule has 5 heteroatoms. The van der Waals surface area contributed by atoms with Gasteiger partial charge in [0.25, 0.3) is 0 Å². The largest absolute Gasteiger partial charge is 0.469 e. The van der Waals surface area contributed by atoms with Crippen LogP contribution in [0.4, 0.5) is 0 Å². The Morgan fingerprint density at radius 3 is 2.90 bits per heavy atom. The Labute approximate surface area is 128 Å². The van der Waals surface area contributed by atoms with Crippen LogP contribution >= 0.6 is 0 Å². The molecule has 2 heterocycles. The van der Waals surface area contributed by atoms with E-state index in [0.717, 1.165) is 50.9 Å². The van der Waals surface area contributed by atoms with Gasteiger partial charge in [0.15, 0.2) is 5.96 Å². The van der Waals surface area contributed by atoms with Gasteiger partial charge in [0.2, 0.25) is 0 Å². The van der Waals surface area contributed by atoms with Crippen LogP contribution in [0.3, 0.4) is 0 Å². The highest BCUT2D eigenvalue weighted by molar-refractivity contribution is 5.80. The van der Waals surface area contributed by atoms with Gasteiger partial charge in [0.1, 0.15) is 5.76 Å². The highest BCUT2D eigenvalue weighted by Gasteiger charge is 2.27. The number of likely N-dealkylation sites (tertiary alicyclic amines) is 1. The molecule has 1 aromatic rings. The monoisotopic (exact) mass is 292 g/mol. The van der Waals surface area contributed by atoms with E-state index in [1.807, 2.05) is 19.2 Å². The molecule has 1 aliphatic rings. The third-order valence-electron chi connectivity index (χ3n) is 4.24. The number of hydrogen-bond donors (Lipinski definition) is 1. The van der Waals surface area contributed by atoms with Crippen LogP contribution < -0.4 is 5.32 Å². The van der Waals surface area contributed by atoms with Gasteiger partial charge in [0.05, 0.1) is 6.26 Å². The first-order valence-corrected chi connectivity index (χ1v) is 8.00. The minimum absolute atomic E-state index is 0.656. The number of furan rings is 1. The topological polar surface area (TPSA) is 44.0 Å². The molecule has 0 aromatic carbocycles. The van der Waals surface area contributed by atoms with Crippen LogP contribution in [0.1, 0.15) is 26.0 Å². The number of likely N-dealkylation sites (N-methyl/N-ethyl adjacent to an activating group) is 1. The molecule has 1 N–H and O–H groups in total. The van der Waals surface area contributed by atoms with E-state index in [4.69, 9.17) is 4.42 Å². The van der Waals surface area contributed by atoms with Crippen molar-refractivity contribution in [1.29, 1.82) is 0 Å². The van der Waals surface area contributed by atoms with Gasteiger partial charge in [-0.3, -0.25) is 9.89 Å². The summed E-state index contributed by atoms with van der Waals surface area (Å²) in [4.78, 5) is 9.32. The number of rotatable bonds is 6. The van der Waals surface area contributed by atoms with Crippen LogP contribution in [-0.4, -0.2) is 61.6 Å². The van der Waals surface area contributed by atoms with Crippen LogP contribution in [0.2, 0.25) is 0 Å². The number of nitrogens with one attached hydrogen (secondary N) is 1. The van der Waals surface area contributed by atoms with Gasteiger partial charge in [0, 0.05) is 39.1 Å². The van der Waals surface area contributed by atoms with Gasteiger partial charge in [-0.25, -0.2) is 0 Å². The second-order valence-electron chi connectivity index (χ2n) is 5.41. The first-order chi connectivity index (χ1) is 10.3. The average Bonchev–Trinajstić information content (AvgIpc) is 3.17. The van der Waals surface area contributed by atoms with Crippen LogP contribution in [0.25, 0.3) is 0 Å². The molecule has 1 fully saturated rings. The minimum Gasteiger partial charge on any atom is -0.469 e. The van der Waals surface area contributed by atoms with E-state index in [1.165, 1.54) is 6.42 Å². The smallest absolute Gasteiger partial charge is 0.193 e. The van der Waals surface area contributed by atoms with E-state index < -0.39 is 0 Å². The fourth-order valence-corrected chi connectivity index (χ4v) is 3.06. The second kappa shape index (κ2) is 8.08. The summed E-state index contributed by atoms with van der Waals surface area (Å²) in [7, 11) is 1.86. The Hall–Kier alpha value is -1.49. The van der Waals surface area contributed by atoms with Crippen molar-refractivity contribution in [2.24, 2.45) is 4.99 Å². The van der Waals surface area contributed by atoms with Crippen molar-refractivity contribution in [3.05, 3.63) is 24.2 Å². The van der Waals surface area contributed by atoms with Crippen LogP contribution in [-0.2, 0) is 6.42 Å². The van der Waals surface area contributed by atoms with Crippen molar-refractivity contribution in [1.82, 2.24) is 15.1 Å². The quantitative estimate of drug-likeness (QED) is 0.641. The maximum absolute atomic E-state index is 5.35. The zero-order chi connectivity index (χ0) is 15.1. The molecule has 0 radical (unpaired) electrons. The molecule has 1 aromatic heterocycles. The molecule has 0 bridgehead atoms. The molecule has 2 rings (SSSR count). The molecule has 1 unspecified atom stereocenters. The summed E-state index contributed by atoms with van der Waals surface area (Å²) >= 11 is 0. The number of hydrogen-bond acceptors (Lipinski definition) is 3. The summed E-state index contributed by atoms with van der Waals surface area (Å²) in [5.41, 5.74) is 0. The summed E-state index contributed by atoms with van der Waals surface area (Å²) in [6.45, 7) is 9.74. The van der Waals surface area contributed by atoms with Crippen molar-refractivity contribution >= 4 is 5.96 Å². The summed E-state index contributed by atoms with van der Waals surface area (Å²) < 4.78 is 5.35. The molecule has 0 amide bonds. The fourth-order valence-electron chi connectivity index (χ4n) is 3.06. The molecule has 1 aliphatic heterocycles. The highest BCUT2D eigenvalue weighted by Crippen LogP contribution is 2.15. The minimum atomic E-state index is 0.656.